The third kappa shape index (κ3) is 4.14. The van der Waals surface area contributed by atoms with Crippen LogP contribution in [0.25, 0.3) is 0 Å². The molecule has 0 unspecified atom stereocenters. The molecule has 2 aromatic rings. The SMILES string of the molecule is Cc1cc(C(=O)NC[C@@H](c2cccc(Cl)c2)N2CCOCC2)on1. The minimum Gasteiger partial charge on any atom is -0.379 e. The van der Waals surface area contributed by atoms with Gasteiger partial charge in [-0.25, -0.2) is 0 Å². The Morgan fingerprint density at radius 1 is 1.38 bits per heavy atom. The molecule has 1 aromatic heterocycles. The van der Waals surface area contributed by atoms with Crippen LogP contribution in [-0.4, -0.2) is 48.8 Å². The van der Waals surface area contributed by atoms with Gasteiger partial charge >= 0.3 is 0 Å². The molecule has 7 heteroatoms. The van der Waals surface area contributed by atoms with Gasteiger partial charge in [0, 0.05) is 30.7 Å². The average molecular weight is 350 g/mol. The maximum Gasteiger partial charge on any atom is 0.289 e. The van der Waals surface area contributed by atoms with Gasteiger partial charge in [-0.15, -0.1) is 0 Å². The van der Waals surface area contributed by atoms with Crippen LogP contribution in [0.15, 0.2) is 34.9 Å². The van der Waals surface area contributed by atoms with Crippen LogP contribution >= 0.6 is 11.6 Å². The van der Waals surface area contributed by atoms with Crippen molar-refractivity contribution in [2.24, 2.45) is 0 Å². The first-order valence-electron chi connectivity index (χ1n) is 7.92. The zero-order valence-electron chi connectivity index (χ0n) is 13.5. The van der Waals surface area contributed by atoms with E-state index in [0.29, 0.717) is 30.5 Å². The molecule has 0 saturated carbocycles. The van der Waals surface area contributed by atoms with Crippen molar-refractivity contribution in [2.75, 3.05) is 32.8 Å². The first-order valence-corrected chi connectivity index (χ1v) is 8.30. The highest BCUT2D eigenvalue weighted by Gasteiger charge is 2.24. The Hall–Kier alpha value is -1.89. The number of rotatable bonds is 5. The summed E-state index contributed by atoms with van der Waals surface area (Å²) in [5, 5.41) is 7.36. The Balaban J connectivity index is 1.73. The molecule has 1 atom stereocenters. The summed E-state index contributed by atoms with van der Waals surface area (Å²) in [6.07, 6.45) is 0. The zero-order valence-corrected chi connectivity index (χ0v) is 14.3. The zero-order chi connectivity index (χ0) is 16.9. The minimum atomic E-state index is -0.268. The van der Waals surface area contributed by atoms with Gasteiger partial charge in [-0.2, -0.15) is 0 Å². The van der Waals surface area contributed by atoms with Gasteiger partial charge in [0.05, 0.1) is 24.9 Å². The van der Waals surface area contributed by atoms with Gasteiger partial charge in [0.25, 0.3) is 5.91 Å². The molecule has 3 rings (SSSR count). The number of carbonyl (C=O) groups is 1. The predicted octanol–water partition coefficient (Wildman–Crippen LogP) is 2.44. The topological polar surface area (TPSA) is 67.6 Å². The second-order valence-electron chi connectivity index (χ2n) is 5.76. The summed E-state index contributed by atoms with van der Waals surface area (Å²) in [4.78, 5) is 14.5. The maximum absolute atomic E-state index is 12.2. The molecule has 1 N–H and O–H groups in total. The Morgan fingerprint density at radius 3 is 2.83 bits per heavy atom. The third-order valence-electron chi connectivity index (χ3n) is 4.03. The summed E-state index contributed by atoms with van der Waals surface area (Å²) in [6.45, 7) is 5.24. The molecule has 1 fully saturated rings. The van der Waals surface area contributed by atoms with Crippen molar-refractivity contribution in [1.82, 2.24) is 15.4 Å². The summed E-state index contributed by atoms with van der Waals surface area (Å²) in [6, 6.07) is 9.38. The third-order valence-corrected chi connectivity index (χ3v) is 4.26. The van der Waals surface area contributed by atoms with E-state index >= 15 is 0 Å². The molecule has 1 aromatic carbocycles. The summed E-state index contributed by atoms with van der Waals surface area (Å²) in [5.41, 5.74) is 1.75. The molecule has 0 radical (unpaired) electrons. The average Bonchev–Trinajstić information content (AvgIpc) is 3.02. The molecule has 128 valence electrons. The van der Waals surface area contributed by atoms with Crippen molar-refractivity contribution in [3.63, 3.8) is 0 Å². The molecule has 24 heavy (non-hydrogen) atoms. The molecule has 0 bridgehead atoms. The number of amides is 1. The largest absolute Gasteiger partial charge is 0.379 e. The van der Waals surface area contributed by atoms with E-state index in [1.807, 2.05) is 24.3 Å². The van der Waals surface area contributed by atoms with E-state index in [1.165, 1.54) is 0 Å². The number of benzene rings is 1. The van der Waals surface area contributed by atoms with Crippen molar-refractivity contribution >= 4 is 17.5 Å². The number of nitrogens with one attached hydrogen (secondary N) is 1. The number of ether oxygens (including phenoxy) is 1. The molecule has 6 nitrogen and oxygen atoms in total. The lowest BCUT2D eigenvalue weighted by molar-refractivity contribution is 0.0161. The fourth-order valence-electron chi connectivity index (χ4n) is 2.81. The molecule has 1 amide bonds. The number of aromatic nitrogens is 1. The highest BCUT2D eigenvalue weighted by Crippen LogP contribution is 2.24. The van der Waals surface area contributed by atoms with Crippen LogP contribution < -0.4 is 5.32 Å². The van der Waals surface area contributed by atoms with E-state index in [4.69, 9.17) is 20.9 Å². The van der Waals surface area contributed by atoms with Crippen LogP contribution in [0.4, 0.5) is 0 Å². The van der Waals surface area contributed by atoms with Crippen molar-refractivity contribution in [2.45, 2.75) is 13.0 Å². The first kappa shape index (κ1) is 17.0. The molecule has 0 aliphatic carbocycles. The van der Waals surface area contributed by atoms with Gasteiger partial charge in [0.15, 0.2) is 0 Å². The van der Waals surface area contributed by atoms with Crippen LogP contribution in [0.1, 0.15) is 27.9 Å². The number of nitrogens with zero attached hydrogens (tertiary/aromatic N) is 2. The molecule has 2 heterocycles. The smallest absolute Gasteiger partial charge is 0.289 e. The van der Waals surface area contributed by atoms with Crippen LogP contribution in [-0.2, 0) is 4.74 Å². The highest BCUT2D eigenvalue weighted by atomic mass is 35.5. The molecular weight excluding hydrogens is 330 g/mol. The summed E-state index contributed by atoms with van der Waals surface area (Å²) < 4.78 is 10.4. The van der Waals surface area contributed by atoms with E-state index in [2.05, 4.69) is 15.4 Å². The number of aryl methyl sites for hydroxylation is 1. The lowest BCUT2D eigenvalue weighted by Crippen LogP contribution is -2.43. The molecule has 1 saturated heterocycles. The molecule has 1 aliphatic rings. The standard InChI is InChI=1S/C17H20ClN3O3/c1-12-9-16(24-20-12)17(22)19-11-15(21-5-7-23-8-6-21)13-3-2-4-14(18)10-13/h2-4,9-10,15H,5-8,11H2,1H3,(H,19,22)/t15-/m0/s1. The lowest BCUT2D eigenvalue weighted by atomic mass is 10.0. The summed E-state index contributed by atoms with van der Waals surface area (Å²) >= 11 is 6.14. The van der Waals surface area contributed by atoms with Crippen molar-refractivity contribution < 1.29 is 14.1 Å². The normalized spacial score (nSPS) is 16.8. The maximum atomic E-state index is 12.2. The Labute approximate surface area is 145 Å². The van der Waals surface area contributed by atoms with Gasteiger partial charge in [0.2, 0.25) is 5.76 Å². The summed E-state index contributed by atoms with van der Waals surface area (Å²) in [5.74, 6) is -0.0461. The summed E-state index contributed by atoms with van der Waals surface area (Å²) in [7, 11) is 0. The Morgan fingerprint density at radius 2 is 2.17 bits per heavy atom. The number of morpholine rings is 1. The predicted molar refractivity (Wildman–Crippen MR) is 90.2 cm³/mol. The van der Waals surface area contributed by atoms with Crippen LogP contribution in [0, 0.1) is 6.92 Å². The Bertz CT molecular complexity index is 698. The second kappa shape index (κ2) is 7.79. The van der Waals surface area contributed by atoms with Crippen LogP contribution in [0.3, 0.4) is 0 Å². The Kier molecular flexibility index (Phi) is 5.50. The monoisotopic (exact) mass is 349 g/mol. The number of hydrogen-bond acceptors (Lipinski definition) is 5. The number of halogens is 1. The van der Waals surface area contributed by atoms with E-state index in [0.717, 1.165) is 18.7 Å². The number of hydrogen-bond donors (Lipinski definition) is 1. The van der Waals surface area contributed by atoms with E-state index < -0.39 is 0 Å². The second-order valence-corrected chi connectivity index (χ2v) is 6.20. The van der Waals surface area contributed by atoms with Crippen LogP contribution in [0.5, 0.6) is 0 Å². The van der Waals surface area contributed by atoms with E-state index in [9.17, 15) is 4.79 Å². The number of carbonyl (C=O) groups excluding carboxylic acids is 1. The van der Waals surface area contributed by atoms with Gasteiger partial charge in [-0.05, 0) is 24.6 Å². The van der Waals surface area contributed by atoms with E-state index in [1.54, 1.807) is 13.0 Å². The quantitative estimate of drug-likeness (QED) is 0.898. The fourth-order valence-corrected chi connectivity index (χ4v) is 3.01. The molecular formula is C17H20ClN3O3. The molecule has 0 spiro atoms. The van der Waals surface area contributed by atoms with E-state index in [-0.39, 0.29) is 17.7 Å². The lowest BCUT2D eigenvalue weighted by Gasteiger charge is -2.34. The first-order chi connectivity index (χ1) is 11.6. The highest BCUT2D eigenvalue weighted by molar-refractivity contribution is 6.30. The van der Waals surface area contributed by atoms with Gasteiger partial charge in [-0.3, -0.25) is 9.69 Å². The van der Waals surface area contributed by atoms with Crippen molar-refractivity contribution in [1.29, 1.82) is 0 Å². The van der Waals surface area contributed by atoms with Gasteiger partial charge in [-0.1, -0.05) is 28.9 Å². The molecule has 1 aliphatic heterocycles. The van der Waals surface area contributed by atoms with Crippen molar-refractivity contribution in [3.05, 3.63) is 52.4 Å². The fraction of sp³-hybridized carbons (Fsp3) is 0.412. The van der Waals surface area contributed by atoms with Gasteiger partial charge in [0.1, 0.15) is 0 Å². The van der Waals surface area contributed by atoms with Crippen LogP contribution in [0.2, 0.25) is 5.02 Å². The van der Waals surface area contributed by atoms with Crippen molar-refractivity contribution in [3.8, 4) is 0 Å². The minimum absolute atomic E-state index is 0.0283. The van der Waals surface area contributed by atoms with Gasteiger partial charge < -0.3 is 14.6 Å².